The molecule has 1 aliphatic heterocycles. The lowest BCUT2D eigenvalue weighted by molar-refractivity contribution is -0.138. The van der Waals surface area contributed by atoms with E-state index in [1.807, 2.05) is 0 Å². The average molecular weight is 422 g/mol. The lowest BCUT2D eigenvalue weighted by Gasteiger charge is -2.45. The van der Waals surface area contributed by atoms with E-state index in [-0.39, 0.29) is 17.4 Å². The van der Waals surface area contributed by atoms with E-state index < -0.39 is 5.54 Å². The average Bonchev–Trinajstić information content (AvgIpc) is 3.53. The molecule has 0 aromatic heterocycles. The number of hydrogen-bond donors (Lipinski definition) is 1. The van der Waals surface area contributed by atoms with Crippen LogP contribution in [0.3, 0.4) is 0 Å². The zero-order valence-corrected chi connectivity index (χ0v) is 18.4. The minimum Gasteiger partial charge on any atom is -0.383 e. The molecule has 164 valence electrons. The Morgan fingerprint density at radius 3 is 2.68 bits per heavy atom. The van der Waals surface area contributed by atoms with E-state index in [4.69, 9.17) is 20.2 Å². The molecule has 6 heteroatoms. The van der Waals surface area contributed by atoms with Gasteiger partial charge in [-0.1, -0.05) is 17.9 Å². The number of fused-ring (bicyclic) bond motifs is 3. The first kappa shape index (κ1) is 20.5. The number of benzene rings is 1. The highest BCUT2D eigenvalue weighted by Crippen LogP contribution is 2.61. The largest absolute Gasteiger partial charge is 0.383 e. The maximum Gasteiger partial charge on any atom is 0.262 e. The second-order valence-electron chi connectivity index (χ2n) is 9.44. The maximum absolute atomic E-state index is 14.0. The first-order valence-electron chi connectivity index (χ1n) is 11.4. The molecule has 3 aliphatic carbocycles. The quantitative estimate of drug-likeness (QED) is 0.758. The van der Waals surface area contributed by atoms with Gasteiger partial charge < -0.3 is 15.2 Å². The summed E-state index contributed by atoms with van der Waals surface area (Å²) in [4.78, 5) is 20.6. The van der Waals surface area contributed by atoms with Crippen LogP contribution in [-0.4, -0.2) is 50.2 Å². The number of carbonyl (C=O) groups is 1. The topological polar surface area (TPSA) is 77.2 Å². The second kappa shape index (κ2) is 7.65. The summed E-state index contributed by atoms with van der Waals surface area (Å²) in [6.07, 6.45) is 7.12. The molecule has 2 fully saturated rings. The molecule has 0 radical (unpaired) electrons. The zero-order chi connectivity index (χ0) is 21.6. The summed E-state index contributed by atoms with van der Waals surface area (Å²) in [5, 5.41) is 0. The van der Waals surface area contributed by atoms with E-state index in [0.717, 1.165) is 43.2 Å². The number of amides is 1. The molecule has 2 saturated carbocycles. The van der Waals surface area contributed by atoms with Crippen molar-refractivity contribution in [2.24, 2.45) is 22.1 Å². The fourth-order valence-electron chi connectivity index (χ4n) is 5.75. The van der Waals surface area contributed by atoms with Gasteiger partial charge in [-0.15, -0.1) is 0 Å². The van der Waals surface area contributed by atoms with Gasteiger partial charge in [0.2, 0.25) is 0 Å². The van der Waals surface area contributed by atoms with E-state index in [9.17, 15) is 4.79 Å². The SMILES string of the molecule is COCCN1C(=O)[C@]2(N=C1N)c1cc(C#CC3CC3)ccc1C[C@]21CC[C@H](OC)CC1. The van der Waals surface area contributed by atoms with Crippen molar-refractivity contribution in [3.05, 3.63) is 34.9 Å². The van der Waals surface area contributed by atoms with Crippen molar-refractivity contribution in [2.45, 2.75) is 56.6 Å². The molecule has 0 saturated heterocycles. The predicted octanol–water partition coefficient (Wildman–Crippen LogP) is 2.58. The third-order valence-corrected chi connectivity index (χ3v) is 7.65. The van der Waals surface area contributed by atoms with Crippen molar-refractivity contribution in [1.82, 2.24) is 4.90 Å². The number of hydrogen-bond acceptors (Lipinski definition) is 5. The van der Waals surface area contributed by atoms with Crippen LogP contribution in [0.2, 0.25) is 0 Å². The summed E-state index contributed by atoms with van der Waals surface area (Å²) in [6.45, 7) is 0.844. The number of aliphatic imine (C=N–C) groups is 1. The number of nitrogens with two attached hydrogens (primary N) is 1. The summed E-state index contributed by atoms with van der Waals surface area (Å²) in [6, 6.07) is 6.36. The lowest BCUT2D eigenvalue weighted by atomic mass is 9.61. The Balaban J connectivity index is 1.59. The van der Waals surface area contributed by atoms with Crippen LogP contribution in [0.1, 0.15) is 55.2 Å². The first-order valence-corrected chi connectivity index (χ1v) is 11.4. The van der Waals surface area contributed by atoms with Gasteiger partial charge in [-0.05, 0) is 68.2 Å². The minimum atomic E-state index is -0.962. The number of ether oxygens (including phenoxy) is 2. The summed E-state index contributed by atoms with van der Waals surface area (Å²) in [7, 11) is 3.41. The summed E-state index contributed by atoms with van der Waals surface area (Å²) in [5.74, 6) is 7.50. The Kier molecular flexibility index (Phi) is 5.07. The molecule has 1 aromatic rings. The lowest BCUT2D eigenvalue weighted by Crippen LogP contribution is -2.52. The Labute approximate surface area is 184 Å². The molecule has 1 atom stereocenters. The van der Waals surface area contributed by atoms with E-state index in [1.54, 1.807) is 19.1 Å². The number of guanidine groups is 1. The molecule has 1 amide bonds. The number of methoxy groups -OCH3 is 2. The van der Waals surface area contributed by atoms with Gasteiger partial charge in [0.25, 0.3) is 5.91 Å². The summed E-state index contributed by atoms with van der Waals surface area (Å²) in [5.41, 5.74) is 8.29. The molecular formula is C25H31N3O3. The third kappa shape index (κ3) is 3.18. The Morgan fingerprint density at radius 1 is 1.23 bits per heavy atom. The molecule has 4 aliphatic rings. The van der Waals surface area contributed by atoms with Crippen LogP contribution >= 0.6 is 0 Å². The summed E-state index contributed by atoms with van der Waals surface area (Å²) >= 11 is 0. The van der Waals surface area contributed by atoms with Gasteiger partial charge in [-0.25, -0.2) is 4.99 Å². The van der Waals surface area contributed by atoms with E-state index in [0.29, 0.717) is 25.0 Å². The van der Waals surface area contributed by atoms with Crippen LogP contribution in [0.4, 0.5) is 0 Å². The number of carbonyl (C=O) groups excluding carboxylic acids is 1. The van der Waals surface area contributed by atoms with Gasteiger partial charge in [0.1, 0.15) is 0 Å². The number of nitrogens with zero attached hydrogens (tertiary/aromatic N) is 2. The Hall–Kier alpha value is -2.36. The molecular weight excluding hydrogens is 390 g/mol. The molecule has 31 heavy (non-hydrogen) atoms. The van der Waals surface area contributed by atoms with E-state index in [2.05, 4.69) is 30.0 Å². The fourth-order valence-corrected chi connectivity index (χ4v) is 5.75. The molecule has 1 aromatic carbocycles. The van der Waals surface area contributed by atoms with Crippen molar-refractivity contribution in [2.75, 3.05) is 27.4 Å². The van der Waals surface area contributed by atoms with Gasteiger partial charge in [-0.2, -0.15) is 0 Å². The van der Waals surface area contributed by atoms with Crippen molar-refractivity contribution in [3.63, 3.8) is 0 Å². The normalized spacial score (nSPS) is 31.7. The molecule has 2 spiro atoms. The van der Waals surface area contributed by atoms with Crippen LogP contribution in [0.5, 0.6) is 0 Å². The van der Waals surface area contributed by atoms with Gasteiger partial charge in [0.05, 0.1) is 19.3 Å². The van der Waals surface area contributed by atoms with Crippen LogP contribution in [0.25, 0.3) is 0 Å². The van der Waals surface area contributed by atoms with Crippen LogP contribution in [0.15, 0.2) is 23.2 Å². The second-order valence-corrected chi connectivity index (χ2v) is 9.44. The highest BCUT2D eigenvalue weighted by atomic mass is 16.5. The Bertz CT molecular complexity index is 979. The first-order chi connectivity index (χ1) is 15.0. The fraction of sp³-hybridized carbons (Fsp3) is 0.600. The summed E-state index contributed by atoms with van der Waals surface area (Å²) < 4.78 is 10.9. The molecule has 6 nitrogen and oxygen atoms in total. The van der Waals surface area contributed by atoms with Crippen molar-refractivity contribution in [3.8, 4) is 11.8 Å². The van der Waals surface area contributed by atoms with Crippen molar-refractivity contribution < 1.29 is 14.3 Å². The predicted molar refractivity (Wildman–Crippen MR) is 118 cm³/mol. The monoisotopic (exact) mass is 421 g/mol. The zero-order valence-electron chi connectivity index (χ0n) is 18.4. The van der Waals surface area contributed by atoms with Crippen LogP contribution in [-0.2, 0) is 26.2 Å². The van der Waals surface area contributed by atoms with Crippen LogP contribution < -0.4 is 5.73 Å². The molecule has 0 unspecified atom stereocenters. The van der Waals surface area contributed by atoms with Crippen molar-refractivity contribution in [1.29, 1.82) is 0 Å². The molecule has 2 N–H and O–H groups in total. The van der Waals surface area contributed by atoms with Crippen LogP contribution in [0, 0.1) is 23.2 Å². The van der Waals surface area contributed by atoms with Crippen molar-refractivity contribution >= 4 is 11.9 Å². The van der Waals surface area contributed by atoms with Gasteiger partial charge in [-0.3, -0.25) is 9.69 Å². The van der Waals surface area contributed by atoms with Gasteiger partial charge >= 0.3 is 0 Å². The third-order valence-electron chi connectivity index (χ3n) is 7.65. The Morgan fingerprint density at radius 2 is 2.00 bits per heavy atom. The smallest absolute Gasteiger partial charge is 0.262 e. The molecule has 5 rings (SSSR count). The highest BCUT2D eigenvalue weighted by molar-refractivity contribution is 6.08. The van der Waals surface area contributed by atoms with E-state index in [1.165, 1.54) is 18.4 Å². The van der Waals surface area contributed by atoms with E-state index >= 15 is 0 Å². The molecule has 1 heterocycles. The van der Waals surface area contributed by atoms with Gasteiger partial charge in [0.15, 0.2) is 11.5 Å². The maximum atomic E-state index is 14.0. The highest BCUT2D eigenvalue weighted by Gasteiger charge is 2.66. The number of rotatable bonds is 4. The van der Waals surface area contributed by atoms with Gasteiger partial charge in [0, 0.05) is 31.1 Å². The standard InChI is InChI=1S/C25H31N3O3/c1-30-14-13-28-22(29)25(27-23(28)26)21-15-18(6-5-17-3-4-17)7-8-19(21)16-24(25)11-9-20(31-2)10-12-24/h7-8,15,17,20H,3-4,9-14,16H2,1-2H3,(H2,26,27)/t20-,24+,25-/m1/s1. The molecule has 0 bridgehead atoms. The minimum absolute atomic E-state index is 0.0102.